The third kappa shape index (κ3) is 1.81. The molecule has 1 nitrogen and oxygen atoms in total. The first-order valence-electron chi connectivity index (χ1n) is 6.09. The molecule has 2 aliphatic carbocycles. The van der Waals surface area contributed by atoms with Gasteiger partial charge in [0.05, 0.1) is 0 Å². The summed E-state index contributed by atoms with van der Waals surface area (Å²) in [5.41, 5.74) is 0. The smallest absolute Gasteiger partial charge is 0.0376 e. The van der Waals surface area contributed by atoms with Crippen LogP contribution in [0.4, 0.5) is 0 Å². The summed E-state index contributed by atoms with van der Waals surface area (Å²) >= 11 is 5.94. The van der Waals surface area contributed by atoms with Gasteiger partial charge in [-0.25, -0.2) is 0 Å². The van der Waals surface area contributed by atoms with E-state index in [4.69, 9.17) is 11.6 Å². The average molecular weight is 250 g/mol. The van der Waals surface area contributed by atoms with Crippen LogP contribution in [-0.2, 0) is 0 Å². The van der Waals surface area contributed by atoms with Crippen LogP contribution in [0.3, 0.4) is 0 Å². The zero-order chi connectivity index (χ0) is 9.71. The Labute approximate surface area is 104 Å². The van der Waals surface area contributed by atoms with Gasteiger partial charge >= 0.3 is 0 Å². The molecule has 1 heterocycles. The van der Waals surface area contributed by atoms with E-state index in [1.165, 1.54) is 25.9 Å². The molecule has 88 valence electrons. The minimum Gasteiger partial charge on any atom is -0.299 e. The van der Waals surface area contributed by atoms with E-state index in [0.717, 1.165) is 29.6 Å². The summed E-state index contributed by atoms with van der Waals surface area (Å²) in [5.74, 6) is 5.04. The van der Waals surface area contributed by atoms with E-state index in [1.807, 2.05) is 0 Å². The quantitative estimate of drug-likeness (QED) is 0.681. The summed E-state index contributed by atoms with van der Waals surface area (Å²) in [6.07, 6.45) is 4.60. The number of hydrogen-bond donors (Lipinski definition) is 0. The van der Waals surface area contributed by atoms with Gasteiger partial charge in [-0.2, -0.15) is 0 Å². The summed E-state index contributed by atoms with van der Waals surface area (Å²) < 4.78 is 0. The molecule has 3 fully saturated rings. The molecule has 2 bridgehead atoms. The van der Waals surface area contributed by atoms with E-state index in [1.54, 1.807) is 6.42 Å². The molecule has 3 rings (SSSR count). The molecule has 2 saturated carbocycles. The van der Waals surface area contributed by atoms with Crippen molar-refractivity contribution in [3.8, 4) is 0 Å². The Morgan fingerprint density at radius 3 is 2.20 bits per heavy atom. The maximum atomic E-state index is 5.94. The highest BCUT2D eigenvalue weighted by Crippen LogP contribution is 2.55. The van der Waals surface area contributed by atoms with Crippen molar-refractivity contribution in [2.24, 2.45) is 23.7 Å². The second kappa shape index (κ2) is 4.43. The van der Waals surface area contributed by atoms with Crippen molar-refractivity contribution in [3.05, 3.63) is 0 Å². The summed E-state index contributed by atoms with van der Waals surface area (Å²) in [7, 11) is 0. The summed E-state index contributed by atoms with van der Waals surface area (Å²) in [6, 6.07) is 0.599. The van der Waals surface area contributed by atoms with Crippen LogP contribution in [0.1, 0.15) is 26.2 Å². The van der Waals surface area contributed by atoms with Crippen LogP contribution < -0.4 is 0 Å². The molecule has 0 amide bonds. The van der Waals surface area contributed by atoms with Crippen LogP contribution in [0.5, 0.6) is 0 Å². The lowest BCUT2D eigenvalue weighted by molar-refractivity contribution is 0.246. The largest absolute Gasteiger partial charge is 0.299 e. The lowest BCUT2D eigenvalue weighted by Crippen LogP contribution is -2.33. The minimum atomic E-state index is 0. The molecule has 3 heteroatoms. The first-order chi connectivity index (χ1) is 6.79. The van der Waals surface area contributed by atoms with Crippen molar-refractivity contribution in [2.45, 2.75) is 32.2 Å². The van der Waals surface area contributed by atoms with Gasteiger partial charge in [0.2, 0.25) is 0 Å². The topological polar surface area (TPSA) is 3.24 Å². The van der Waals surface area contributed by atoms with Gasteiger partial charge in [0.25, 0.3) is 0 Å². The molecule has 15 heavy (non-hydrogen) atoms. The lowest BCUT2D eigenvalue weighted by atomic mass is 9.82. The molecule has 1 unspecified atom stereocenters. The van der Waals surface area contributed by atoms with Gasteiger partial charge in [-0.15, -0.1) is 24.0 Å². The Bertz CT molecular complexity index is 216. The highest BCUT2D eigenvalue weighted by molar-refractivity contribution is 6.18. The molecule has 5 atom stereocenters. The second-order valence-electron chi connectivity index (χ2n) is 5.62. The number of nitrogens with zero attached hydrogens (tertiary/aromatic N) is 1. The highest BCUT2D eigenvalue weighted by atomic mass is 35.5. The second-order valence-corrected chi connectivity index (χ2v) is 5.93. The number of hydrogen-bond acceptors (Lipinski definition) is 1. The first kappa shape index (κ1) is 12.0. The van der Waals surface area contributed by atoms with Gasteiger partial charge in [0.15, 0.2) is 0 Å². The molecule has 1 saturated heterocycles. The standard InChI is InChI=1S/C12H20ClN.ClH/c1-8(5-13)14-6-11-9-2-3-10(4-9)12(11)7-14;/h8-12H,2-7H2,1H3;1H/t8?,9-,10+,11-,12+;. The maximum absolute atomic E-state index is 5.94. The number of halogens is 2. The molecular weight excluding hydrogens is 229 g/mol. The number of fused-ring (bicyclic) bond motifs is 5. The number of likely N-dealkylation sites (tertiary alicyclic amines) is 1. The van der Waals surface area contributed by atoms with Crippen molar-refractivity contribution >= 4 is 24.0 Å². The summed E-state index contributed by atoms with van der Waals surface area (Å²) in [4.78, 5) is 2.63. The van der Waals surface area contributed by atoms with Crippen molar-refractivity contribution in [1.82, 2.24) is 4.90 Å². The van der Waals surface area contributed by atoms with E-state index in [-0.39, 0.29) is 12.4 Å². The number of rotatable bonds is 2. The summed E-state index contributed by atoms with van der Waals surface area (Å²) in [5, 5.41) is 0. The first-order valence-corrected chi connectivity index (χ1v) is 6.63. The average Bonchev–Trinajstić information content (AvgIpc) is 2.87. The van der Waals surface area contributed by atoms with E-state index < -0.39 is 0 Å². The van der Waals surface area contributed by atoms with Gasteiger partial charge in [0, 0.05) is 25.0 Å². The number of alkyl halides is 1. The SMILES string of the molecule is CC(CCl)N1C[C@@H]2[C@@H]3CC[C@@H](C3)[C@@H]2C1.Cl. The van der Waals surface area contributed by atoms with E-state index >= 15 is 0 Å². The predicted octanol–water partition coefficient (Wildman–Crippen LogP) is 3.01. The zero-order valence-corrected chi connectivity index (χ0v) is 10.9. The third-order valence-electron chi connectivity index (χ3n) is 5.01. The van der Waals surface area contributed by atoms with Crippen LogP contribution in [-0.4, -0.2) is 29.9 Å². The van der Waals surface area contributed by atoms with Gasteiger partial charge in [0.1, 0.15) is 0 Å². The Hall–Kier alpha value is 0.540. The molecular formula is C12H21Cl2N. The third-order valence-corrected chi connectivity index (χ3v) is 5.46. The van der Waals surface area contributed by atoms with Gasteiger partial charge in [-0.1, -0.05) is 0 Å². The van der Waals surface area contributed by atoms with Crippen LogP contribution in [0.25, 0.3) is 0 Å². The van der Waals surface area contributed by atoms with Crippen molar-refractivity contribution in [2.75, 3.05) is 19.0 Å². The Morgan fingerprint density at radius 1 is 1.20 bits per heavy atom. The molecule has 0 aromatic carbocycles. The maximum Gasteiger partial charge on any atom is 0.0376 e. The molecule has 0 radical (unpaired) electrons. The lowest BCUT2D eigenvalue weighted by Gasteiger charge is -2.23. The van der Waals surface area contributed by atoms with E-state index in [2.05, 4.69) is 11.8 Å². The van der Waals surface area contributed by atoms with Gasteiger partial charge in [-0.3, -0.25) is 4.90 Å². The normalized spacial score (nSPS) is 45.2. The fourth-order valence-corrected chi connectivity index (χ4v) is 4.37. The molecule has 0 aromatic rings. The van der Waals surface area contributed by atoms with Crippen LogP contribution >= 0.6 is 24.0 Å². The molecule has 0 aromatic heterocycles. The summed E-state index contributed by atoms with van der Waals surface area (Å²) in [6.45, 7) is 4.97. The Kier molecular flexibility index (Phi) is 3.54. The van der Waals surface area contributed by atoms with Crippen LogP contribution in [0, 0.1) is 23.7 Å². The Balaban J connectivity index is 0.000000853. The van der Waals surface area contributed by atoms with Gasteiger partial charge < -0.3 is 0 Å². The van der Waals surface area contributed by atoms with Crippen LogP contribution in [0.15, 0.2) is 0 Å². The Morgan fingerprint density at radius 2 is 1.73 bits per heavy atom. The molecule has 1 aliphatic heterocycles. The highest BCUT2D eigenvalue weighted by Gasteiger charge is 2.51. The van der Waals surface area contributed by atoms with Gasteiger partial charge in [-0.05, 0) is 49.9 Å². The van der Waals surface area contributed by atoms with E-state index in [9.17, 15) is 0 Å². The van der Waals surface area contributed by atoms with Crippen molar-refractivity contribution in [1.29, 1.82) is 0 Å². The fourth-order valence-electron chi connectivity index (χ4n) is 4.17. The van der Waals surface area contributed by atoms with E-state index in [0.29, 0.717) is 6.04 Å². The fraction of sp³-hybridized carbons (Fsp3) is 1.00. The predicted molar refractivity (Wildman–Crippen MR) is 66.8 cm³/mol. The zero-order valence-electron chi connectivity index (χ0n) is 9.36. The molecule has 0 spiro atoms. The van der Waals surface area contributed by atoms with Crippen molar-refractivity contribution in [3.63, 3.8) is 0 Å². The monoisotopic (exact) mass is 249 g/mol. The van der Waals surface area contributed by atoms with Crippen molar-refractivity contribution < 1.29 is 0 Å². The molecule has 3 aliphatic rings. The minimum absolute atomic E-state index is 0. The molecule has 0 N–H and O–H groups in total. The van der Waals surface area contributed by atoms with Crippen LogP contribution in [0.2, 0.25) is 0 Å².